The van der Waals surface area contributed by atoms with E-state index in [9.17, 15) is 29.1 Å². The van der Waals surface area contributed by atoms with Crippen molar-refractivity contribution in [2.24, 2.45) is 0 Å². The highest BCUT2D eigenvalue weighted by Gasteiger charge is 2.50. The molecule has 3 fully saturated rings. The number of aliphatic carboxylic acids is 1. The van der Waals surface area contributed by atoms with Gasteiger partial charge in [0.1, 0.15) is 17.6 Å². The van der Waals surface area contributed by atoms with Gasteiger partial charge in [-0.2, -0.15) is 0 Å². The number of para-hydroxylation sites is 1. The molecule has 0 bridgehead atoms. The molecular weight excluding hydrogens is 480 g/mol. The fraction of sp³-hybridized carbons (Fsp3) is 0.560. The van der Waals surface area contributed by atoms with E-state index in [1.54, 1.807) is 4.90 Å². The van der Waals surface area contributed by atoms with Crippen LogP contribution in [-0.4, -0.2) is 95.1 Å². The minimum Gasteiger partial charge on any atom is -0.480 e. The zero-order chi connectivity index (χ0) is 26.6. The van der Waals surface area contributed by atoms with Gasteiger partial charge in [-0.1, -0.05) is 18.2 Å². The van der Waals surface area contributed by atoms with Crippen molar-refractivity contribution >= 4 is 35.4 Å². The number of rotatable bonds is 6. The number of carbonyl (C=O) groups is 5. The Hall–Kier alpha value is -3.83. The number of carbonyl (C=O) groups excluding carboxylic acids is 4. The van der Waals surface area contributed by atoms with E-state index in [1.165, 1.54) is 11.8 Å². The summed E-state index contributed by atoms with van der Waals surface area (Å²) in [5, 5.41) is 17.6. The van der Waals surface area contributed by atoms with E-state index >= 15 is 0 Å². The van der Waals surface area contributed by atoms with E-state index in [0.29, 0.717) is 45.6 Å². The van der Waals surface area contributed by atoms with Gasteiger partial charge in [-0.3, -0.25) is 14.4 Å². The van der Waals surface area contributed by atoms with Gasteiger partial charge in [-0.05, 0) is 44.2 Å². The Morgan fingerprint density at radius 1 is 1.11 bits per heavy atom. The minimum atomic E-state index is -1.34. The van der Waals surface area contributed by atoms with Crippen molar-refractivity contribution in [2.75, 3.05) is 37.7 Å². The number of nitrogens with zero attached hydrogens (tertiary/aromatic N) is 3. The number of carboxylic acid groups (broad SMARTS) is 1. The second-order valence-corrected chi connectivity index (χ2v) is 9.76. The number of carboxylic acids is 1. The molecule has 0 aromatic heterocycles. The van der Waals surface area contributed by atoms with Gasteiger partial charge in [-0.25, -0.2) is 9.59 Å². The second kappa shape index (κ2) is 11.1. The van der Waals surface area contributed by atoms with E-state index in [-0.39, 0.29) is 18.4 Å². The second-order valence-electron chi connectivity index (χ2n) is 9.76. The largest absolute Gasteiger partial charge is 0.480 e. The molecular formula is C25H34N6O6. The molecule has 4 rings (SSSR count). The van der Waals surface area contributed by atoms with E-state index in [4.69, 9.17) is 0 Å². The first-order chi connectivity index (χ1) is 17.7. The molecule has 0 aliphatic carbocycles. The van der Waals surface area contributed by atoms with Crippen LogP contribution in [0.2, 0.25) is 0 Å². The van der Waals surface area contributed by atoms with Gasteiger partial charge in [-0.15, -0.1) is 0 Å². The van der Waals surface area contributed by atoms with Gasteiger partial charge in [0.2, 0.25) is 17.7 Å². The van der Waals surface area contributed by atoms with Crippen LogP contribution in [0.4, 0.5) is 10.5 Å². The molecule has 12 heteroatoms. The Morgan fingerprint density at radius 3 is 2.46 bits per heavy atom. The average molecular weight is 515 g/mol. The van der Waals surface area contributed by atoms with Gasteiger partial charge >= 0.3 is 12.0 Å². The van der Waals surface area contributed by atoms with Crippen LogP contribution in [0.3, 0.4) is 0 Å². The first kappa shape index (κ1) is 26.2. The summed E-state index contributed by atoms with van der Waals surface area (Å²) in [5.41, 5.74) is 0.193. The summed E-state index contributed by atoms with van der Waals surface area (Å²) >= 11 is 0. The molecule has 0 saturated carbocycles. The van der Waals surface area contributed by atoms with Crippen LogP contribution < -0.4 is 20.9 Å². The summed E-state index contributed by atoms with van der Waals surface area (Å²) in [4.78, 5) is 67.1. The molecule has 5 amide bonds. The fourth-order valence-corrected chi connectivity index (χ4v) is 5.46. The van der Waals surface area contributed by atoms with Crippen molar-refractivity contribution in [1.29, 1.82) is 0 Å². The van der Waals surface area contributed by atoms with E-state index in [2.05, 4.69) is 16.0 Å². The summed E-state index contributed by atoms with van der Waals surface area (Å²) in [5.74, 6) is -2.11. The first-order valence-corrected chi connectivity index (χ1v) is 12.7. The minimum absolute atomic E-state index is 0.0626. The zero-order valence-electron chi connectivity index (χ0n) is 20.9. The maximum absolute atomic E-state index is 12.8. The Labute approximate surface area is 215 Å². The van der Waals surface area contributed by atoms with Gasteiger partial charge in [0, 0.05) is 32.2 Å². The Kier molecular flexibility index (Phi) is 7.84. The molecule has 4 N–H and O–H groups in total. The lowest BCUT2D eigenvalue weighted by molar-refractivity contribution is -0.145. The number of urea groups is 1. The predicted molar refractivity (Wildman–Crippen MR) is 133 cm³/mol. The molecule has 3 heterocycles. The first-order valence-electron chi connectivity index (χ1n) is 12.7. The summed E-state index contributed by atoms with van der Waals surface area (Å²) in [7, 11) is 0. The molecule has 1 aromatic rings. The van der Waals surface area contributed by atoms with Crippen LogP contribution in [0.25, 0.3) is 0 Å². The average Bonchev–Trinajstić information content (AvgIpc) is 3.21. The third kappa shape index (κ3) is 5.47. The number of piperidine rings is 2. The van der Waals surface area contributed by atoms with Crippen LogP contribution >= 0.6 is 0 Å². The molecule has 3 aliphatic heterocycles. The zero-order valence-corrected chi connectivity index (χ0v) is 20.9. The number of anilines is 1. The summed E-state index contributed by atoms with van der Waals surface area (Å²) in [6.45, 7) is 2.59. The lowest BCUT2D eigenvalue weighted by atomic mass is 9.85. The van der Waals surface area contributed by atoms with Gasteiger partial charge in [0.05, 0.1) is 13.2 Å². The molecule has 1 spiro atoms. The molecule has 2 atom stereocenters. The number of amides is 5. The van der Waals surface area contributed by atoms with Crippen LogP contribution in [0, 0.1) is 0 Å². The normalized spacial score (nSPS) is 21.8. The molecule has 37 heavy (non-hydrogen) atoms. The SMILES string of the molecule is CC(=O)N1CCCCC1C(=O)N[C@@H](CNC(=O)N1CCC2(CC1)C(=O)NCN2c1ccccc1)C(=O)O. The highest BCUT2D eigenvalue weighted by atomic mass is 16.4. The van der Waals surface area contributed by atoms with Crippen molar-refractivity contribution in [3.63, 3.8) is 0 Å². The third-order valence-electron chi connectivity index (χ3n) is 7.56. The molecule has 3 aliphatic rings. The van der Waals surface area contributed by atoms with E-state index < -0.39 is 35.5 Å². The third-order valence-corrected chi connectivity index (χ3v) is 7.56. The van der Waals surface area contributed by atoms with Crippen LogP contribution in [0.5, 0.6) is 0 Å². The monoisotopic (exact) mass is 514 g/mol. The molecule has 12 nitrogen and oxygen atoms in total. The molecule has 3 saturated heterocycles. The van der Waals surface area contributed by atoms with E-state index in [0.717, 1.165) is 18.5 Å². The van der Waals surface area contributed by atoms with Crippen LogP contribution in [-0.2, 0) is 19.2 Å². The Balaban J connectivity index is 1.32. The number of hydrogen-bond donors (Lipinski definition) is 4. The lowest BCUT2D eigenvalue weighted by Gasteiger charge is -2.43. The van der Waals surface area contributed by atoms with Crippen molar-refractivity contribution in [2.45, 2.75) is 56.7 Å². The molecule has 1 aromatic carbocycles. The van der Waals surface area contributed by atoms with Crippen molar-refractivity contribution < 1.29 is 29.1 Å². The van der Waals surface area contributed by atoms with Crippen molar-refractivity contribution in [3.8, 4) is 0 Å². The standard InChI is InChI=1S/C25H34N6O6/c1-17(32)30-12-6-5-9-20(30)21(33)28-19(22(34)35)15-26-24(37)29-13-10-25(11-14-29)23(36)27-16-31(25)18-7-3-2-4-8-18/h2-4,7-8,19-20H,5-6,9-16H2,1H3,(H,26,37)(H,27,36)(H,28,33)(H,34,35)/t19-,20?/m0/s1. The topological polar surface area (TPSA) is 151 Å². The highest BCUT2D eigenvalue weighted by molar-refractivity contribution is 5.94. The number of nitrogens with one attached hydrogen (secondary N) is 3. The molecule has 1 unspecified atom stereocenters. The van der Waals surface area contributed by atoms with Crippen LogP contribution in [0.15, 0.2) is 30.3 Å². The van der Waals surface area contributed by atoms with Gasteiger partial charge in [0.15, 0.2) is 0 Å². The summed E-state index contributed by atoms with van der Waals surface area (Å²) < 4.78 is 0. The predicted octanol–water partition coefficient (Wildman–Crippen LogP) is 0.0949. The van der Waals surface area contributed by atoms with Crippen molar-refractivity contribution in [1.82, 2.24) is 25.8 Å². The molecule has 0 radical (unpaired) electrons. The summed E-state index contributed by atoms with van der Waals surface area (Å²) in [6.07, 6.45) is 2.90. The van der Waals surface area contributed by atoms with Crippen LogP contribution in [0.1, 0.15) is 39.0 Å². The number of likely N-dealkylation sites (tertiary alicyclic amines) is 2. The Morgan fingerprint density at radius 2 is 1.81 bits per heavy atom. The van der Waals surface area contributed by atoms with E-state index in [1.807, 2.05) is 35.2 Å². The lowest BCUT2D eigenvalue weighted by Crippen LogP contribution is -2.60. The molecule has 200 valence electrons. The summed E-state index contributed by atoms with van der Waals surface area (Å²) in [6, 6.07) is 7.13. The number of hydrogen-bond acceptors (Lipinski definition) is 6. The maximum atomic E-state index is 12.8. The quantitative estimate of drug-likeness (QED) is 0.420. The highest BCUT2D eigenvalue weighted by Crippen LogP contribution is 2.36. The fourth-order valence-electron chi connectivity index (χ4n) is 5.46. The number of benzene rings is 1. The maximum Gasteiger partial charge on any atom is 0.328 e. The smallest absolute Gasteiger partial charge is 0.328 e. The van der Waals surface area contributed by atoms with Crippen molar-refractivity contribution in [3.05, 3.63) is 30.3 Å². The van der Waals surface area contributed by atoms with Gasteiger partial charge in [0.25, 0.3) is 0 Å². The Bertz CT molecular complexity index is 1040. The van der Waals surface area contributed by atoms with Gasteiger partial charge < -0.3 is 35.8 Å².